The van der Waals surface area contributed by atoms with Crippen molar-refractivity contribution < 1.29 is 0 Å². The van der Waals surface area contributed by atoms with E-state index in [1.165, 1.54) is 28.1 Å². The third-order valence-electron chi connectivity index (χ3n) is 10.3. The Morgan fingerprint density at radius 3 is 2.08 bits per heavy atom. The van der Waals surface area contributed by atoms with Gasteiger partial charge < -0.3 is 4.90 Å². The van der Waals surface area contributed by atoms with E-state index in [-0.39, 0.29) is 12.0 Å². The first-order chi connectivity index (χ1) is 24.8. The van der Waals surface area contributed by atoms with Gasteiger partial charge >= 0.3 is 0 Å². The van der Waals surface area contributed by atoms with Gasteiger partial charge in [-0.1, -0.05) is 164 Å². The summed E-state index contributed by atoms with van der Waals surface area (Å²) in [5.74, 6) is 1.89. The predicted molar refractivity (Wildman–Crippen MR) is 210 cm³/mol. The Labute approximate surface area is 296 Å². The molecule has 3 aromatic carbocycles. The van der Waals surface area contributed by atoms with E-state index in [0.717, 1.165) is 42.8 Å². The molecule has 0 N–H and O–H groups in total. The number of rotatable bonds is 8. The van der Waals surface area contributed by atoms with Crippen LogP contribution in [-0.2, 0) is 0 Å². The van der Waals surface area contributed by atoms with Crippen molar-refractivity contribution >= 4 is 17.2 Å². The number of amidine groups is 1. The van der Waals surface area contributed by atoms with Gasteiger partial charge in [-0.15, -0.1) is 0 Å². The van der Waals surface area contributed by atoms with Crippen molar-refractivity contribution in [2.24, 2.45) is 27.7 Å². The molecule has 1 heterocycles. The van der Waals surface area contributed by atoms with E-state index in [9.17, 15) is 0 Å². The highest BCUT2D eigenvalue weighted by Gasteiger charge is 2.28. The van der Waals surface area contributed by atoms with Crippen molar-refractivity contribution in [3.05, 3.63) is 210 Å². The molecule has 4 aliphatic carbocycles. The lowest BCUT2D eigenvalue weighted by Gasteiger charge is -2.36. The zero-order valence-corrected chi connectivity index (χ0v) is 28.4. The topological polar surface area (TPSA) is 28.0 Å². The van der Waals surface area contributed by atoms with Crippen LogP contribution in [0.5, 0.6) is 0 Å². The van der Waals surface area contributed by atoms with E-state index in [4.69, 9.17) is 9.98 Å². The highest BCUT2D eigenvalue weighted by Crippen LogP contribution is 2.37. The lowest BCUT2D eigenvalue weighted by Crippen LogP contribution is -2.34. The highest BCUT2D eigenvalue weighted by molar-refractivity contribution is 6.14. The minimum atomic E-state index is 0.0598. The molecule has 5 aliphatic rings. The van der Waals surface area contributed by atoms with Crippen LogP contribution in [0.2, 0.25) is 0 Å². The van der Waals surface area contributed by atoms with Gasteiger partial charge in [0, 0.05) is 29.3 Å². The van der Waals surface area contributed by atoms with Crippen molar-refractivity contribution in [3.8, 4) is 0 Å². The van der Waals surface area contributed by atoms with Crippen LogP contribution in [0.25, 0.3) is 0 Å². The van der Waals surface area contributed by atoms with Crippen LogP contribution in [0.15, 0.2) is 209 Å². The minimum absolute atomic E-state index is 0.0598. The normalized spacial score (nSPS) is 25.6. The Balaban J connectivity index is 1.02. The molecule has 3 nitrogen and oxygen atoms in total. The Bertz CT molecular complexity index is 2010. The third-order valence-corrected chi connectivity index (χ3v) is 10.3. The predicted octanol–water partition coefficient (Wildman–Crippen LogP) is 10.7. The summed E-state index contributed by atoms with van der Waals surface area (Å²) in [5.41, 5.74) is 8.42. The molecule has 0 saturated carbocycles. The first kappa shape index (κ1) is 31.7. The lowest BCUT2D eigenvalue weighted by molar-refractivity contribution is 0.472. The van der Waals surface area contributed by atoms with Gasteiger partial charge in [-0.2, -0.15) is 0 Å². The quantitative estimate of drug-likeness (QED) is 0.239. The number of benzene rings is 3. The maximum atomic E-state index is 5.27. The molecule has 0 fully saturated rings. The zero-order valence-electron chi connectivity index (χ0n) is 28.4. The number of para-hydroxylation sites is 1. The zero-order chi connectivity index (χ0) is 33.5. The maximum Gasteiger partial charge on any atom is 0.155 e. The van der Waals surface area contributed by atoms with Gasteiger partial charge in [0.2, 0.25) is 0 Å². The fraction of sp³-hybridized carbons (Fsp3) is 0.191. The maximum absolute atomic E-state index is 5.27. The van der Waals surface area contributed by atoms with Crippen LogP contribution in [0, 0.1) is 17.8 Å². The summed E-state index contributed by atoms with van der Waals surface area (Å²) in [7, 11) is 0. The summed E-state index contributed by atoms with van der Waals surface area (Å²) in [4.78, 5) is 12.9. The molecule has 0 bridgehead atoms. The molecule has 0 aromatic heterocycles. The third kappa shape index (κ3) is 7.09. The summed E-state index contributed by atoms with van der Waals surface area (Å²) < 4.78 is 0. The Morgan fingerprint density at radius 1 is 0.580 bits per heavy atom. The van der Waals surface area contributed by atoms with Gasteiger partial charge in [-0.25, -0.2) is 4.99 Å². The lowest BCUT2D eigenvalue weighted by atomic mass is 9.80. The molecule has 0 spiro atoms. The van der Waals surface area contributed by atoms with E-state index < -0.39 is 0 Å². The van der Waals surface area contributed by atoms with Gasteiger partial charge in [-0.05, 0) is 66.0 Å². The molecule has 0 saturated heterocycles. The summed E-state index contributed by atoms with van der Waals surface area (Å²) in [6, 6.07) is 32.2. The molecule has 0 amide bonds. The van der Waals surface area contributed by atoms with Gasteiger partial charge in [0.1, 0.15) is 0 Å². The second-order valence-corrected chi connectivity index (χ2v) is 13.6. The average Bonchev–Trinajstić information content (AvgIpc) is 3.46. The monoisotopic (exact) mass is 649 g/mol. The number of nitrogens with zero attached hydrogens (tertiary/aromatic N) is 3. The Morgan fingerprint density at radius 2 is 1.34 bits per heavy atom. The van der Waals surface area contributed by atoms with Crippen LogP contribution in [0.1, 0.15) is 36.8 Å². The van der Waals surface area contributed by atoms with Crippen LogP contribution < -0.4 is 4.90 Å². The van der Waals surface area contributed by atoms with Crippen LogP contribution in [-0.4, -0.2) is 23.6 Å². The summed E-state index contributed by atoms with van der Waals surface area (Å²) >= 11 is 0. The summed E-state index contributed by atoms with van der Waals surface area (Å²) in [6.07, 6.45) is 38.7. The van der Waals surface area contributed by atoms with E-state index in [2.05, 4.69) is 181 Å². The van der Waals surface area contributed by atoms with Crippen molar-refractivity contribution in [1.82, 2.24) is 0 Å². The molecular formula is C47H43N3. The number of anilines is 1. The summed E-state index contributed by atoms with van der Waals surface area (Å²) in [5, 5.41) is 0. The molecule has 5 unspecified atom stereocenters. The SMILES string of the molecule is C1=CCC(N(C2=CC(C3C=CC(C4=CC(C5CC(c6ccccc6)=NC(c6ccccc6)=N5)C=CC=C4)=CC3)CC=C2)c2ccccc2)C=C1. The largest absolute Gasteiger partial charge is 0.335 e. The molecule has 50 heavy (non-hydrogen) atoms. The Kier molecular flexibility index (Phi) is 9.46. The number of hydrogen-bond acceptors (Lipinski definition) is 3. The van der Waals surface area contributed by atoms with Crippen molar-refractivity contribution in [2.75, 3.05) is 4.90 Å². The average molecular weight is 650 g/mol. The molecule has 8 rings (SSSR count). The molecule has 3 heteroatoms. The fourth-order valence-corrected chi connectivity index (χ4v) is 7.66. The van der Waals surface area contributed by atoms with Gasteiger partial charge in [0.05, 0.1) is 17.8 Å². The van der Waals surface area contributed by atoms with Gasteiger partial charge in [-0.3, -0.25) is 4.99 Å². The smallest absolute Gasteiger partial charge is 0.155 e. The van der Waals surface area contributed by atoms with E-state index in [1.54, 1.807) is 0 Å². The number of hydrogen-bond donors (Lipinski definition) is 0. The number of allylic oxidation sites excluding steroid dienone is 13. The van der Waals surface area contributed by atoms with Crippen molar-refractivity contribution in [3.63, 3.8) is 0 Å². The van der Waals surface area contributed by atoms with Gasteiger partial charge in [0.25, 0.3) is 0 Å². The first-order valence-electron chi connectivity index (χ1n) is 18.1. The van der Waals surface area contributed by atoms with Crippen LogP contribution in [0.3, 0.4) is 0 Å². The standard InChI is InChI=1S/C47H43N3/c1-5-16-37(17-6-1)45-34-46(49-47(48-45)38-18-7-2-8-19-38)41-21-14-13-20-39(32-41)35-28-30-36(31-29-35)40-22-15-27-44(33-40)50(42-23-9-3-10-24-42)43-25-11-4-12-26-43/h1-21,23-25,27-30,32-33,36,40-41,43,46H,22,26,31,34H2. The van der Waals surface area contributed by atoms with Gasteiger partial charge in [0.15, 0.2) is 5.84 Å². The molecule has 5 atom stereocenters. The fourth-order valence-electron chi connectivity index (χ4n) is 7.66. The van der Waals surface area contributed by atoms with E-state index >= 15 is 0 Å². The summed E-state index contributed by atoms with van der Waals surface area (Å²) in [6.45, 7) is 0. The van der Waals surface area contributed by atoms with Crippen molar-refractivity contribution in [1.29, 1.82) is 0 Å². The highest BCUT2D eigenvalue weighted by atomic mass is 15.2. The van der Waals surface area contributed by atoms with Crippen molar-refractivity contribution in [2.45, 2.75) is 37.8 Å². The molecule has 246 valence electrons. The number of aliphatic imine (C=N–C) groups is 2. The minimum Gasteiger partial charge on any atom is -0.335 e. The molecular weight excluding hydrogens is 607 g/mol. The van der Waals surface area contributed by atoms with E-state index in [1.807, 2.05) is 6.07 Å². The molecule has 3 aromatic rings. The molecule has 0 radical (unpaired) electrons. The first-order valence-corrected chi connectivity index (χ1v) is 18.1. The van der Waals surface area contributed by atoms with Crippen LogP contribution in [0.4, 0.5) is 5.69 Å². The van der Waals surface area contributed by atoms with E-state index in [0.29, 0.717) is 17.9 Å². The second kappa shape index (κ2) is 14.9. The Hall–Kier alpha value is -5.54. The second-order valence-electron chi connectivity index (χ2n) is 13.6. The van der Waals surface area contributed by atoms with Crippen LogP contribution >= 0.6 is 0 Å². The molecule has 1 aliphatic heterocycles.